The van der Waals surface area contributed by atoms with Crippen molar-refractivity contribution in [3.8, 4) is 0 Å². The molecule has 2 fully saturated rings. The van der Waals surface area contributed by atoms with Crippen LogP contribution < -0.4 is 10.6 Å². The second-order valence-electron chi connectivity index (χ2n) is 6.49. The summed E-state index contributed by atoms with van der Waals surface area (Å²) in [5, 5.41) is 5.68. The molecule has 24 heavy (non-hydrogen) atoms. The smallest absolute Gasteiger partial charge is 0.318 e. The SMILES string of the molecule is C[CH-]NC(=O)[C@H](CC1CCCCCC1)NC(=O)N1CCOCC1.[Y]. The molecule has 0 aromatic rings. The molecule has 1 saturated heterocycles. The molecule has 1 atom stereocenters. The summed E-state index contributed by atoms with van der Waals surface area (Å²) in [5.74, 6) is 0.411. The van der Waals surface area contributed by atoms with Crippen molar-refractivity contribution in [2.24, 2.45) is 5.92 Å². The number of rotatable bonds is 5. The van der Waals surface area contributed by atoms with Gasteiger partial charge in [-0.05, 0) is 12.3 Å². The van der Waals surface area contributed by atoms with E-state index in [4.69, 9.17) is 4.74 Å². The van der Waals surface area contributed by atoms with Crippen molar-refractivity contribution in [2.45, 2.75) is 57.9 Å². The molecule has 2 rings (SSSR count). The first kappa shape index (κ1) is 21.8. The Morgan fingerprint density at radius 2 is 1.79 bits per heavy atom. The van der Waals surface area contributed by atoms with Crippen molar-refractivity contribution in [1.82, 2.24) is 15.5 Å². The van der Waals surface area contributed by atoms with Gasteiger partial charge in [0, 0.05) is 45.8 Å². The summed E-state index contributed by atoms with van der Waals surface area (Å²) in [5.41, 5.74) is 0. The number of morpholine rings is 1. The summed E-state index contributed by atoms with van der Waals surface area (Å²) in [6.45, 7) is 5.71. The number of hydrogen-bond donors (Lipinski definition) is 2. The van der Waals surface area contributed by atoms with Gasteiger partial charge in [-0.15, -0.1) is 0 Å². The summed E-state index contributed by atoms with van der Waals surface area (Å²) >= 11 is 0. The van der Waals surface area contributed by atoms with Crippen molar-refractivity contribution in [3.63, 3.8) is 0 Å². The van der Waals surface area contributed by atoms with Gasteiger partial charge >= 0.3 is 6.03 Å². The van der Waals surface area contributed by atoms with Crippen molar-refractivity contribution in [1.29, 1.82) is 0 Å². The number of nitrogens with one attached hydrogen (secondary N) is 2. The van der Waals surface area contributed by atoms with Crippen LogP contribution in [-0.4, -0.2) is 49.2 Å². The Labute approximate surface area is 170 Å². The van der Waals surface area contributed by atoms with Gasteiger partial charge < -0.3 is 20.3 Å². The quantitative estimate of drug-likeness (QED) is 0.536. The van der Waals surface area contributed by atoms with E-state index in [1.807, 2.05) is 0 Å². The van der Waals surface area contributed by atoms with E-state index in [-0.39, 0.29) is 44.6 Å². The van der Waals surface area contributed by atoms with Gasteiger partial charge in [0.05, 0.1) is 13.2 Å². The molecule has 1 aliphatic heterocycles. The fourth-order valence-electron chi connectivity index (χ4n) is 3.41. The molecule has 7 heteroatoms. The summed E-state index contributed by atoms with van der Waals surface area (Å²) < 4.78 is 5.27. The monoisotopic (exact) mass is 413 g/mol. The maximum absolute atomic E-state index is 12.4. The average Bonchev–Trinajstić information content (AvgIpc) is 2.84. The largest absolute Gasteiger partial charge is 0.504 e. The topological polar surface area (TPSA) is 70.7 Å². The van der Waals surface area contributed by atoms with Crippen LogP contribution in [0.15, 0.2) is 0 Å². The van der Waals surface area contributed by atoms with Crippen LogP contribution in [0.1, 0.15) is 51.9 Å². The molecular weight excluding hydrogens is 383 g/mol. The maximum Gasteiger partial charge on any atom is 0.318 e. The zero-order valence-corrected chi connectivity index (χ0v) is 17.6. The van der Waals surface area contributed by atoms with Crippen molar-refractivity contribution in [3.05, 3.63) is 6.54 Å². The summed E-state index contributed by atoms with van der Waals surface area (Å²) in [4.78, 5) is 26.4. The normalized spacial score (nSPS) is 20.5. The first-order chi connectivity index (χ1) is 11.2. The van der Waals surface area contributed by atoms with Crippen molar-refractivity contribution >= 4 is 11.9 Å². The van der Waals surface area contributed by atoms with Crippen LogP contribution in [0.5, 0.6) is 0 Å². The van der Waals surface area contributed by atoms with Crippen LogP contribution in [0.3, 0.4) is 0 Å². The Morgan fingerprint density at radius 3 is 2.38 bits per heavy atom. The summed E-state index contributed by atoms with van der Waals surface area (Å²) in [6, 6.07) is -0.609. The Balaban J connectivity index is 0.00000288. The number of nitrogens with zero attached hydrogens (tertiary/aromatic N) is 1. The molecule has 6 nitrogen and oxygen atoms in total. The van der Waals surface area contributed by atoms with Gasteiger partial charge in [-0.1, -0.05) is 38.5 Å². The third-order valence-electron chi connectivity index (χ3n) is 4.74. The Bertz CT molecular complexity index is 381. The number of urea groups is 1. The van der Waals surface area contributed by atoms with Gasteiger partial charge in [0.1, 0.15) is 6.04 Å². The van der Waals surface area contributed by atoms with E-state index >= 15 is 0 Å². The zero-order chi connectivity index (χ0) is 16.5. The summed E-state index contributed by atoms with van der Waals surface area (Å²) in [7, 11) is 0. The van der Waals surface area contributed by atoms with Gasteiger partial charge in [0.25, 0.3) is 0 Å². The molecule has 1 aliphatic carbocycles. The molecular formula is C17H30N3O3Y-. The minimum absolute atomic E-state index is 0. The molecule has 1 heterocycles. The Hall–Kier alpha value is -0.196. The second kappa shape index (κ2) is 12.2. The fourth-order valence-corrected chi connectivity index (χ4v) is 3.41. The van der Waals surface area contributed by atoms with E-state index < -0.39 is 6.04 Å². The van der Waals surface area contributed by atoms with Crippen LogP contribution in [-0.2, 0) is 42.2 Å². The Morgan fingerprint density at radius 1 is 1.17 bits per heavy atom. The van der Waals surface area contributed by atoms with Crippen LogP contribution in [0.4, 0.5) is 4.79 Å². The molecule has 0 aromatic heterocycles. The van der Waals surface area contributed by atoms with Gasteiger partial charge in [-0.25, -0.2) is 11.3 Å². The van der Waals surface area contributed by atoms with Crippen LogP contribution >= 0.6 is 0 Å². The van der Waals surface area contributed by atoms with E-state index in [2.05, 4.69) is 10.6 Å². The maximum atomic E-state index is 12.4. The molecule has 135 valence electrons. The average molecular weight is 413 g/mol. The number of carbonyl (C=O) groups is 2. The molecule has 1 radical (unpaired) electrons. The standard InChI is InChI=1S/C17H30N3O3.Y/c1-2-18-16(21)15(13-14-7-5-3-4-6-8-14)19-17(22)20-9-11-23-12-10-20;/h2,14-15H,3-13H2,1H3,(H,18,21)(H,19,22);/q-1;/t15-;/m0./s1. The van der Waals surface area contributed by atoms with Crippen LogP contribution in [0.2, 0.25) is 0 Å². The minimum atomic E-state index is -0.454. The van der Waals surface area contributed by atoms with Crippen molar-refractivity contribution < 1.29 is 47.0 Å². The summed E-state index contributed by atoms with van der Waals surface area (Å²) in [6.07, 6.45) is 8.09. The molecule has 2 aliphatic rings. The molecule has 3 amide bonds. The van der Waals surface area contributed by atoms with Crippen molar-refractivity contribution in [2.75, 3.05) is 26.3 Å². The fraction of sp³-hybridized carbons (Fsp3) is 0.824. The van der Waals surface area contributed by atoms with Gasteiger partial charge in [-0.3, -0.25) is 4.79 Å². The van der Waals surface area contributed by atoms with Crippen LogP contribution in [0, 0.1) is 12.5 Å². The third-order valence-corrected chi connectivity index (χ3v) is 4.74. The molecule has 0 unspecified atom stereocenters. The molecule has 2 N–H and O–H groups in total. The zero-order valence-electron chi connectivity index (χ0n) is 14.8. The number of hydrogen-bond acceptors (Lipinski definition) is 3. The van der Waals surface area contributed by atoms with E-state index in [1.165, 1.54) is 25.7 Å². The van der Waals surface area contributed by atoms with E-state index in [9.17, 15) is 9.59 Å². The first-order valence-electron chi connectivity index (χ1n) is 8.92. The molecule has 1 saturated carbocycles. The Kier molecular flexibility index (Phi) is 11.1. The van der Waals surface area contributed by atoms with Gasteiger partial charge in [0.2, 0.25) is 5.91 Å². The van der Waals surface area contributed by atoms with Gasteiger partial charge in [-0.2, -0.15) is 6.92 Å². The predicted molar refractivity (Wildman–Crippen MR) is 88.6 cm³/mol. The molecule has 0 bridgehead atoms. The van der Waals surface area contributed by atoms with E-state index in [1.54, 1.807) is 18.4 Å². The number of carbonyl (C=O) groups excluding carboxylic acids is 2. The molecule has 0 aromatic carbocycles. The predicted octanol–water partition coefficient (Wildman–Crippen LogP) is 2.05. The van der Waals surface area contributed by atoms with Gasteiger partial charge in [0.15, 0.2) is 0 Å². The number of ether oxygens (including phenoxy) is 1. The third kappa shape index (κ3) is 7.36. The molecule has 0 spiro atoms. The van der Waals surface area contributed by atoms with Crippen LogP contribution in [0.25, 0.3) is 0 Å². The second-order valence-corrected chi connectivity index (χ2v) is 6.49. The first-order valence-corrected chi connectivity index (χ1v) is 8.92. The van der Waals surface area contributed by atoms with E-state index in [0.29, 0.717) is 32.2 Å². The minimum Gasteiger partial charge on any atom is -0.504 e. The van der Waals surface area contributed by atoms with E-state index in [0.717, 1.165) is 19.3 Å². The number of amides is 3.